The Labute approximate surface area is 155 Å². The number of aromatic nitrogens is 2. The number of ether oxygens (including phenoxy) is 2. The first-order valence-electron chi connectivity index (χ1n) is 8.30. The minimum absolute atomic E-state index is 0.137. The van der Waals surface area contributed by atoms with Crippen molar-refractivity contribution in [2.75, 3.05) is 27.4 Å². The van der Waals surface area contributed by atoms with Crippen LogP contribution in [0.15, 0.2) is 4.79 Å². The van der Waals surface area contributed by atoms with Gasteiger partial charge in [0.2, 0.25) is 0 Å². The normalized spacial score (nSPS) is 12.9. The first-order chi connectivity index (χ1) is 12.3. The molecule has 0 aliphatic rings. The van der Waals surface area contributed by atoms with Crippen LogP contribution in [0.4, 0.5) is 0 Å². The highest BCUT2D eigenvalue weighted by atomic mass is 32.1. The highest BCUT2D eigenvalue weighted by Crippen LogP contribution is 2.27. The summed E-state index contributed by atoms with van der Waals surface area (Å²) in [6.07, 6.45) is -0.632. The van der Waals surface area contributed by atoms with Crippen molar-refractivity contribution in [3.8, 4) is 0 Å². The van der Waals surface area contributed by atoms with Crippen molar-refractivity contribution in [1.82, 2.24) is 14.9 Å². The van der Waals surface area contributed by atoms with E-state index < -0.39 is 12.1 Å². The maximum atomic E-state index is 12.5. The highest BCUT2D eigenvalue weighted by Gasteiger charge is 2.21. The van der Waals surface area contributed by atoms with Crippen LogP contribution >= 0.6 is 11.3 Å². The van der Waals surface area contributed by atoms with E-state index in [1.54, 1.807) is 6.92 Å². The number of carbonyl (C=O) groups excluding carboxylic acids is 1. The van der Waals surface area contributed by atoms with Crippen LogP contribution in [0.3, 0.4) is 0 Å². The molecular weight excluding hydrogens is 358 g/mol. The van der Waals surface area contributed by atoms with Crippen LogP contribution < -0.4 is 5.56 Å². The van der Waals surface area contributed by atoms with Gasteiger partial charge in [-0.1, -0.05) is 0 Å². The second-order valence-corrected chi connectivity index (χ2v) is 7.37. The zero-order valence-electron chi connectivity index (χ0n) is 15.7. The Hall–Kier alpha value is -1.81. The molecule has 0 bridgehead atoms. The van der Waals surface area contributed by atoms with Gasteiger partial charge >= 0.3 is 5.97 Å². The second-order valence-electron chi connectivity index (χ2n) is 6.37. The molecule has 0 fully saturated rings. The summed E-state index contributed by atoms with van der Waals surface area (Å²) in [6.45, 7) is 6.71. The summed E-state index contributed by atoms with van der Waals surface area (Å²) in [4.78, 5) is 34.5. The molecule has 9 heteroatoms. The SMILES string of the molecule is COCC(O)CN(Cc1nc2sc(C(=O)OC)c(C)c2c(=O)[nH]1)C(C)C. The van der Waals surface area contributed by atoms with E-state index in [4.69, 9.17) is 9.47 Å². The number of aryl methyl sites for hydroxylation is 1. The number of nitrogens with zero attached hydrogens (tertiary/aromatic N) is 2. The number of hydrogen-bond donors (Lipinski definition) is 2. The van der Waals surface area contributed by atoms with Crippen molar-refractivity contribution in [3.05, 3.63) is 26.6 Å². The standard InChI is InChI=1S/C17H25N3O5S/c1-9(2)20(6-11(21)8-24-4)7-12-18-15(22)13-10(3)14(17(23)25-5)26-16(13)19-12/h9,11,21H,6-8H2,1-5H3,(H,18,19,22). The van der Waals surface area contributed by atoms with Gasteiger partial charge in [0, 0.05) is 19.7 Å². The van der Waals surface area contributed by atoms with Crippen LogP contribution in [0.25, 0.3) is 10.2 Å². The number of hydrogen-bond acceptors (Lipinski definition) is 8. The molecule has 2 aromatic rings. The molecule has 2 N–H and O–H groups in total. The predicted octanol–water partition coefficient (Wildman–Crippen LogP) is 1.30. The van der Waals surface area contributed by atoms with E-state index in [0.29, 0.717) is 39.6 Å². The molecule has 0 aromatic carbocycles. The monoisotopic (exact) mass is 383 g/mol. The Balaban J connectivity index is 2.34. The molecule has 0 saturated carbocycles. The molecule has 1 atom stereocenters. The molecule has 26 heavy (non-hydrogen) atoms. The number of aliphatic hydroxyl groups is 1. The van der Waals surface area contributed by atoms with Crippen LogP contribution in [0, 0.1) is 6.92 Å². The Morgan fingerprint density at radius 3 is 2.65 bits per heavy atom. The van der Waals surface area contributed by atoms with E-state index >= 15 is 0 Å². The van der Waals surface area contributed by atoms with Gasteiger partial charge in [0.1, 0.15) is 15.5 Å². The van der Waals surface area contributed by atoms with Crippen LogP contribution in [0.1, 0.15) is 34.9 Å². The summed E-state index contributed by atoms with van der Waals surface area (Å²) in [7, 11) is 2.84. The van der Waals surface area contributed by atoms with Crippen LogP contribution in [0.5, 0.6) is 0 Å². The third kappa shape index (κ3) is 4.47. The van der Waals surface area contributed by atoms with Gasteiger partial charge in [-0.15, -0.1) is 11.3 Å². The summed E-state index contributed by atoms with van der Waals surface area (Å²) >= 11 is 1.15. The largest absolute Gasteiger partial charge is 0.465 e. The minimum atomic E-state index is -0.632. The predicted molar refractivity (Wildman–Crippen MR) is 99.7 cm³/mol. The molecule has 144 valence electrons. The Kier molecular flexibility index (Phi) is 6.87. The molecule has 8 nitrogen and oxygen atoms in total. The number of carbonyl (C=O) groups is 1. The average Bonchev–Trinajstić information content (AvgIpc) is 2.90. The molecule has 2 rings (SSSR count). The van der Waals surface area contributed by atoms with Gasteiger partial charge in [0.15, 0.2) is 0 Å². The van der Waals surface area contributed by atoms with E-state index in [0.717, 1.165) is 11.3 Å². The van der Waals surface area contributed by atoms with Gasteiger partial charge in [0.05, 0.1) is 31.8 Å². The third-order valence-electron chi connectivity index (χ3n) is 4.11. The number of fused-ring (bicyclic) bond motifs is 1. The van der Waals surface area contributed by atoms with Crippen molar-refractivity contribution in [1.29, 1.82) is 0 Å². The fourth-order valence-corrected chi connectivity index (χ4v) is 3.84. The first kappa shape index (κ1) is 20.5. The number of aromatic amines is 1. The Bertz CT molecular complexity index is 830. The zero-order chi connectivity index (χ0) is 19.4. The van der Waals surface area contributed by atoms with Crippen LogP contribution in [-0.4, -0.2) is 65.5 Å². The Morgan fingerprint density at radius 1 is 1.38 bits per heavy atom. The molecule has 2 aromatic heterocycles. The lowest BCUT2D eigenvalue weighted by molar-refractivity contribution is 0.0272. The molecule has 2 heterocycles. The summed E-state index contributed by atoms with van der Waals surface area (Å²) < 4.78 is 9.73. The van der Waals surface area contributed by atoms with Crippen molar-refractivity contribution in [3.63, 3.8) is 0 Å². The lowest BCUT2D eigenvalue weighted by Crippen LogP contribution is -2.39. The summed E-state index contributed by atoms with van der Waals surface area (Å²) in [6, 6.07) is 0.137. The Morgan fingerprint density at radius 2 is 2.08 bits per heavy atom. The summed E-state index contributed by atoms with van der Waals surface area (Å²) in [5, 5.41) is 10.4. The number of nitrogens with one attached hydrogen (secondary N) is 1. The summed E-state index contributed by atoms with van der Waals surface area (Å²) in [5.74, 6) is 0.0106. The van der Waals surface area contributed by atoms with Crippen LogP contribution in [-0.2, 0) is 16.0 Å². The third-order valence-corrected chi connectivity index (χ3v) is 5.27. The quantitative estimate of drug-likeness (QED) is 0.662. The van der Waals surface area contributed by atoms with Gasteiger partial charge in [-0.25, -0.2) is 9.78 Å². The number of H-pyrrole nitrogens is 1. The zero-order valence-corrected chi connectivity index (χ0v) is 16.5. The maximum Gasteiger partial charge on any atom is 0.348 e. The van der Waals surface area contributed by atoms with Crippen molar-refractivity contribution >= 4 is 27.5 Å². The smallest absolute Gasteiger partial charge is 0.348 e. The van der Waals surface area contributed by atoms with E-state index in [1.165, 1.54) is 14.2 Å². The van der Waals surface area contributed by atoms with Gasteiger partial charge in [-0.05, 0) is 26.3 Å². The summed E-state index contributed by atoms with van der Waals surface area (Å²) in [5.41, 5.74) is 0.295. The van der Waals surface area contributed by atoms with E-state index in [1.807, 2.05) is 18.7 Å². The van der Waals surface area contributed by atoms with Crippen molar-refractivity contribution < 1.29 is 19.4 Å². The molecule has 0 spiro atoms. The number of thiophene rings is 1. The molecule has 1 unspecified atom stereocenters. The van der Waals surface area contributed by atoms with Gasteiger partial charge < -0.3 is 19.6 Å². The van der Waals surface area contributed by atoms with Gasteiger partial charge in [-0.2, -0.15) is 0 Å². The highest BCUT2D eigenvalue weighted by molar-refractivity contribution is 7.20. The van der Waals surface area contributed by atoms with Crippen LogP contribution in [0.2, 0.25) is 0 Å². The molecule has 0 aliphatic heterocycles. The van der Waals surface area contributed by atoms with E-state index in [2.05, 4.69) is 9.97 Å². The van der Waals surface area contributed by atoms with E-state index in [9.17, 15) is 14.7 Å². The fourth-order valence-electron chi connectivity index (χ4n) is 2.72. The lowest BCUT2D eigenvalue weighted by Gasteiger charge is -2.27. The van der Waals surface area contributed by atoms with Gasteiger partial charge in [-0.3, -0.25) is 9.69 Å². The fraction of sp³-hybridized carbons (Fsp3) is 0.588. The van der Waals surface area contributed by atoms with Gasteiger partial charge in [0.25, 0.3) is 5.56 Å². The van der Waals surface area contributed by atoms with Crippen molar-refractivity contribution in [2.45, 2.75) is 39.5 Å². The molecule has 0 amide bonds. The first-order valence-corrected chi connectivity index (χ1v) is 9.11. The molecule has 0 radical (unpaired) electrons. The van der Waals surface area contributed by atoms with Crippen molar-refractivity contribution in [2.24, 2.45) is 0 Å². The second kappa shape index (κ2) is 8.72. The molecule has 0 aliphatic carbocycles. The number of aliphatic hydroxyl groups excluding tert-OH is 1. The average molecular weight is 383 g/mol. The number of methoxy groups -OCH3 is 2. The number of esters is 1. The minimum Gasteiger partial charge on any atom is -0.465 e. The molecular formula is C17H25N3O5S. The van der Waals surface area contributed by atoms with E-state index in [-0.39, 0.29) is 18.2 Å². The molecule has 0 saturated heterocycles. The number of rotatable bonds is 8. The topological polar surface area (TPSA) is 105 Å². The maximum absolute atomic E-state index is 12.5. The lowest BCUT2D eigenvalue weighted by atomic mass is 10.2.